The summed E-state index contributed by atoms with van der Waals surface area (Å²) in [6.45, 7) is 9.91. The zero-order valence-corrected chi connectivity index (χ0v) is 11.5. The Bertz CT molecular complexity index is 213. The van der Waals surface area contributed by atoms with Crippen molar-refractivity contribution in [3.63, 3.8) is 0 Å². The molecular weight excluding hydrogens is 208 g/mol. The van der Waals surface area contributed by atoms with Gasteiger partial charge >= 0.3 is 0 Å². The van der Waals surface area contributed by atoms with E-state index in [1.165, 1.54) is 77.8 Å². The van der Waals surface area contributed by atoms with E-state index in [2.05, 4.69) is 22.8 Å². The Morgan fingerprint density at radius 2 is 1.18 bits per heavy atom. The molecule has 2 rings (SSSR count). The fourth-order valence-electron chi connectivity index (χ4n) is 3.04. The van der Waals surface area contributed by atoms with Crippen LogP contribution >= 0.6 is 0 Å². The van der Waals surface area contributed by atoms with Crippen LogP contribution in [0.3, 0.4) is 0 Å². The molecule has 2 heteroatoms. The van der Waals surface area contributed by atoms with Gasteiger partial charge < -0.3 is 0 Å². The number of allylic oxidation sites excluding steroid dienone is 1. The molecule has 0 bridgehead atoms. The van der Waals surface area contributed by atoms with Gasteiger partial charge in [0.15, 0.2) is 0 Å². The molecule has 2 aliphatic heterocycles. The van der Waals surface area contributed by atoms with Crippen LogP contribution in [0.1, 0.15) is 45.4 Å². The maximum absolute atomic E-state index is 2.64. The van der Waals surface area contributed by atoms with E-state index in [4.69, 9.17) is 0 Å². The minimum atomic E-state index is 1.22. The SMILES string of the molecule is CC=C(CN1CCCCC1)CN1CCCCC1. The van der Waals surface area contributed by atoms with E-state index in [1.54, 1.807) is 5.57 Å². The molecule has 0 aromatic carbocycles. The summed E-state index contributed by atoms with van der Waals surface area (Å²) in [7, 11) is 0. The molecular formula is C15H28N2. The van der Waals surface area contributed by atoms with E-state index in [-0.39, 0.29) is 0 Å². The van der Waals surface area contributed by atoms with Gasteiger partial charge in [-0.15, -0.1) is 0 Å². The molecule has 2 nitrogen and oxygen atoms in total. The van der Waals surface area contributed by atoms with Crippen molar-refractivity contribution in [2.24, 2.45) is 0 Å². The van der Waals surface area contributed by atoms with E-state index < -0.39 is 0 Å². The smallest absolute Gasteiger partial charge is 0.0205 e. The van der Waals surface area contributed by atoms with Crippen LogP contribution < -0.4 is 0 Å². The second kappa shape index (κ2) is 7.17. The lowest BCUT2D eigenvalue weighted by molar-refractivity contribution is 0.218. The van der Waals surface area contributed by atoms with E-state index in [9.17, 15) is 0 Å². The number of likely N-dealkylation sites (tertiary alicyclic amines) is 2. The van der Waals surface area contributed by atoms with Crippen molar-refractivity contribution in [2.75, 3.05) is 39.3 Å². The summed E-state index contributed by atoms with van der Waals surface area (Å²) in [4.78, 5) is 5.28. The molecule has 2 aliphatic rings. The van der Waals surface area contributed by atoms with Gasteiger partial charge in [-0.1, -0.05) is 18.9 Å². The van der Waals surface area contributed by atoms with Gasteiger partial charge in [-0.25, -0.2) is 0 Å². The van der Waals surface area contributed by atoms with Crippen molar-refractivity contribution in [1.82, 2.24) is 9.80 Å². The number of hydrogen-bond acceptors (Lipinski definition) is 2. The van der Waals surface area contributed by atoms with Crippen molar-refractivity contribution in [2.45, 2.75) is 45.4 Å². The van der Waals surface area contributed by atoms with Crippen LogP contribution in [-0.2, 0) is 0 Å². The van der Waals surface area contributed by atoms with Crippen molar-refractivity contribution >= 4 is 0 Å². The Hall–Kier alpha value is -0.340. The van der Waals surface area contributed by atoms with Crippen molar-refractivity contribution in [3.8, 4) is 0 Å². The molecule has 0 spiro atoms. The molecule has 0 atom stereocenters. The molecule has 2 heterocycles. The molecule has 2 fully saturated rings. The Kier molecular flexibility index (Phi) is 5.53. The minimum Gasteiger partial charge on any atom is -0.299 e. The van der Waals surface area contributed by atoms with Gasteiger partial charge in [-0.05, 0) is 64.4 Å². The average Bonchev–Trinajstić information content (AvgIpc) is 2.40. The first kappa shape index (κ1) is 13.1. The van der Waals surface area contributed by atoms with Gasteiger partial charge in [-0.3, -0.25) is 9.80 Å². The number of nitrogens with zero attached hydrogens (tertiary/aromatic N) is 2. The molecule has 0 aromatic heterocycles. The van der Waals surface area contributed by atoms with Crippen LogP contribution in [0, 0.1) is 0 Å². The standard InChI is InChI=1S/C15H28N2/c1-2-15(13-16-9-5-3-6-10-16)14-17-11-7-4-8-12-17/h2H,3-14H2,1H3. The highest BCUT2D eigenvalue weighted by molar-refractivity contribution is 5.06. The molecule has 0 aromatic rings. The second-order valence-electron chi connectivity index (χ2n) is 5.62. The zero-order valence-electron chi connectivity index (χ0n) is 11.5. The van der Waals surface area contributed by atoms with Crippen LogP contribution in [0.2, 0.25) is 0 Å². The third-order valence-corrected chi connectivity index (χ3v) is 4.16. The highest BCUT2D eigenvalue weighted by Gasteiger charge is 2.15. The van der Waals surface area contributed by atoms with Gasteiger partial charge in [0.1, 0.15) is 0 Å². The number of hydrogen-bond donors (Lipinski definition) is 0. The first-order valence-electron chi connectivity index (χ1n) is 7.47. The van der Waals surface area contributed by atoms with E-state index in [1.807, 2.05) is 0 Å². The van der Waals surface area contributed by atoms with Gasteiger partial charge in [0.25, 0.3) is 0 Å². The third kappa shape index (κ3) is 4.44. The predicted molar refractivity (Wildman–Crippen MR) is 74.3 cm³/mol. The lowest BCUT2D eigenvalue weighted by atomic mass is 10.1. The summed E-state index contributed by atoms with van der Waals surface area (Å²) < 4.78 is 0. The van der Waals surface area contributed by atoms with Crippen molar-refractivity contribution < 1.29 is 0 Å². The lowest BCUT2D eigenvalue weighted by Crippen LogP contribution is -2.36. The minimum absolute atomic E-state index is 1.22. The summed E-state index contributed by atoms with van der Waals surface area (Å²) in [5.74, 6) is 0. The number of piperidine rings is 2. The molecule has 17 heavy (non-hydrogen) atoms. The summed E-state index contributed by atoms with van der Waals surface area (Å²) >= 11 is 0. The summed E-state index contributed by atoms with van der Waals surface area (Å²) in [5, 5.41) is 0. The van der Waals surface area contributed by atoms with Crippen molar-refractivity contribution in [3.05, 3.63) is 11.6 Å². The average molecular weight is 236 g/mol. The van der Waals surface area contributed by atoms with Gasteiger partial charge in [0.05, 0.1) is 0 Å². The molecule has 0 aliphatic carbocycles. The number of rotatable bonds is 4. The van der Waals surface area contributed by atoms with Gasteiger partial charge in [0, 0.05) is 13.1 Å². The van der Waals surface area contributed by atoms with E-state index >= 15 is 0 Å². The lowest BCUT2D eigenvalue weighted by Gasteiger charge is -2.31. The first-order valence-corrected chi connectivity index (χ1v) is 7.47. The Morgan fingerprint density at radius 3 is 1.53 bits per heavy atom. The maximum atomic E-state index is 2.64. The Labute approximate surface area is 107 Å². The van der Waals surface area contributed by atoms with Crippen LogP contribution in [0.15, 0.2) is 11.6 Å². The van der Waals surface area contributed by atoms with Crippen LogP contribution in [0.5, 0.6) is 0 Å². The highest BCUT2D eigenvalue weighted by atomic mass is 15.2. The largest absolute Gasteiger partial charge is 0.299 e. The Morgan fingerprint density at radius 1 is 0.765 bits per heavy atom. The normalized spacial score (nSPS) is 23.6. The van der Waals surface area contributed by atoms with Crippen LogP contribution in [0.4, 0.5) is 0 Å². The molecule has 98 valence electrons. The first-order chi connectivity index (χ1) is 8.38. The maximum Gasteiger partial charge on any atom is 0.0205 e. The molecule has 0 amide bonds. The van der Waals surface area contributed by atoms with Crippen LogP contribution in [-0.4, -0.2) is 49.1 Å². The third-order valence-electron chi connectivity index (χ3n) is 4.16. The summed E-state index contributed by atoms with van der Waals surface area (Å²) in [6.07, 6.45) is 10.8. The molecule has 2 saturated heterocycles. The monoisotopic (exact) mass is 236 g/mol. The summed E-state index contributed by atoms with van der Waals surface area (Å²) in [6, 6.07) is 0. The van der Waals surface area contributed by atoms with Crippen molar-refractivity contribution in [1.29, 1.82) is 0 Å². The highest BCUT2D eigenvalue weighted by Crippen LogP contribution is 2.14. The quantitative estimate of drug-likeness (QED) is 0.693. The zero-order chi connectivity index (χ0) is 11.9. The second-order valence-corrected chi connectivity index (χ2v) is 5.62. The fraction of sp³-hybridized carbons (Fsp3) is 0.867. The molecule has 0 N–H and O–H groups in total. The Balaban J connectivity index is 1.75. The van der Waals surface area contributed by atoms with Gasteiger partial charge in [0.2, 0.25) is 0 Å². The van der Waals surface area contributed by atoms with Crippen LogP contribution in [0.25, 0.3) is 0 Å². The fourth-order valence-corrected chi connectivity index (χ4v) is 3.04. The van der Waals surface area contributed by atoms with E-state index in [0.29, 0.717) is 0 Å². The molecule has 0 saturated carbocycles. The predicted octanol–water partition coefficient (Wildman–Crippen LogP) is 2.90. The topological polar surface area (TPSA) is 6.48 Å². The van der Waals surface area contributed by atoms with Gasteiger partial charge in [-0.2, -0.15) is 0 Å². The summed E-state index contributed by atoms with van der Waals surface area (Å²) in [5.41, 5.74) is 1.63. The molecule has 0 radical (unpaired) electrons. The van der Waals surface area contributed by atoms with E-state index in [0.717, 1.165) is 0 Å². The molecule has 0 unspecified atom stereocenters.